The molecule has 0 bridgehead atoms. The maximum absolute atomic E-state index is 12.8. The summed E-state index contributed by atoms with van der Waals surface area (Å²) in [5, 5.41) is 4.46. The fraction of sp³-hybridized carbons (Fsp3) is 0.407. The van der Waals surface area contributed by atoms with E-state index in [-0.39, 0.29) is 12.0 Å². The molecule has 198 valence electrons. The Morgan fingerprint density at radius 1 is 1.14 bits per heavy atom. The molecule has 1 saturated heterocycles. The van der Waals surface area contributed by atoms with Gasteiger partial charge in [-0.3, -0.25) is 13.9 Å². The third kappa shape index (κ3) is 7.29. The number of amides is 1. The number of halogens is 3. The molecule has 1 amide bonds. The van der Waals surface area contributed by atoms with Crippen LogP contribution in [-0.4, -0.2) is 57.7 Å². The molecule has 0 radical (unpaired) electrons. The van der Waals surface area contributed by atoms with Crippen molar-refractivity contribution < 1.29 is 26.9 Å². The molecular weight excluding hydrogens is 503 g/mol. The number of ether oxygens (including phenoxy) is 1. The SMILES string of the molecule is CCS(=O)c1ccc(CNC(=O)c2ccc3c(OC4CCN(CC(F)(F)F)CC4)nc(C)cc3c2)cc1. The Morgan fingerprint density at radius 2 is 1.84 bits per heavy atom. The summed E-state index contributed by atoms with van der Waals surface area (Å²) in [6, 6.07) is 14.5. The maximum Gasteiger partial charge on any atom is 0.401 e. The minimum absolute atomic E-state index is 0.217. The van der Waals surface area contributed by atoms with Gasteiger partial charge < -0.3 is 10.1 Å². The van der Waals surface area contributed by atoms with E-state index in [9.17, 15) is 22.2 Å². The summed E-state index contributed by atoms with van der Waals surface area (Å²) in [6.45, 7) is 3.77. The van der Waals surface area contributed by atoms with Gasteiger partial charge in [-0.2, -0.15) is 13.2 Å². The van der Waals surface area contributed by atoms with Crippen LogP contribution in [0.5, 0.6) is 5.88 Å². The zero-order valence-electron chi connectivity index (χ0n) is 20.8. The van der Waals surface area contributed by atoms with Crippen molar-refractivity contribution >= 4 is 27.5 Å². The molecule has 4 rings (SSSR count). The highest BCUT2D eigenvalue weighted by atomic mass is 32.2. The Morgan fingerprint density at radius 3 is 2.49 bits per heavy atom. The zero-order valence-corrected chi connectivity index (χ0v) is 21.6. The topological polar surface area (TPSA) is 71.5 Å². The van der Waals surface area contributed by atoms with Gasteiger partial charge in [0.1, 0.15) is 6.10 Å². The van der Waals surface area contributed by atoms with Crippen molar-refractivity contribution in [3.05, 3.63) is 65.4 Å². The number of carbonyl (C=O) groups excluding carboxylic acids is 1. The number of alkyl halides is 3. The van der Waals surface area contributed by atoms with Gasteiger partial charge >= 0.3 is 6.18 Å². The van der Waals surface area contributed by atoms with E-state index in [0.717, 1.165) is 26.9 Å². The molecule has 1 aliphatic heterocycles. The number of hydrogen-bond donors (Lipinski definition) is 1. The van der Waals surface area contributed by atoms with Crippen LogP contribution in [0.25, 0.3) is 10.8 Å². The number of pyridine rings is 1. The number of hydrogen-bond acceptors (Lipinski definition) is 5. The van der Waals surface area contributed by atoms with Gasteiger partial charge in [0.25, 0.3) is 5.91 Å². The highest BCUT2D eigenvalue weighted by molar-refractivity contribution is 7.85. The number of aromatic nitrogens is 1. The normalized spacial score (nSPS) is 16.0. The van der Waals surface area contributed by atoms with E-state index in [2.05, 4.69) is 10.3 Å². The fourth-order valence-electron chi connectivity index (χ4n) is 4.39. The van der Waals surface area contributed by atoms with Crippen molar-refractivity contribution in [1.82, 2.24) is 15.2 Å². The number of carbonyl (C=O) groups is 1. The summed E-state index contributed by atoms with van der Waals surface area (Å²) in [5.41, 5.74) is 2.12. The molecule has 1 aliphatic rings. The lowest BCUT2D eigenvalue weighted by Crippen LogP contribution is -2.42. The average molecular weight is 534 g/mol. The predicted molar refractivity (Wildman–Crippen MR) is 137 cm³/mol. The number of benzene rings is 2. The molecular formula is C27H30F3N3O3S. The second kappa shape index (κ2) is 11.6. The van der Waals surface area contributed by atoms with Crippen LogP contribution in [0, 0.1) is 6.92 Å². The first kappa shape index (κ1) is 27.1. The summed E-state index contributed by atoms with van der Waals surface area (Å²) in [4.78, 5) is 19.5. The second-order valence-corrected chi connectivity index (χ2v) is 10.9. The first-order valence-electron chi connectivity index (χ1n) is 12.2. The number of rotatable bonds is 8. The van der Waals surface area contributed by atoms with E-state index in [4.69, 9.17) is 4.74 Å². The highest BCUT2D eigenvalue weighted by Crippen LogP contribution is 2.29. The molecule has 37 heavy (non-hydrogen) atoms. The lowest BCUT2D eigenvalue weighted by atomic mass is 10.1. The van der Waals surface area contributed by atoms with Gasteiger partial charge in [0.05, 0.1) is 17.3 Å². The molecule has 1 atom stereocenters. The smallest absolute Gasteiger partial charge is 0.401 e. The number of aryl methyl sites for hydroxylation is 1. The van der Waals surface area contributed by atoms with Crippen molar-refractivity contribution in [1.29, 1.82) is 0 Å². The van der Waals surface area contributed by atoms with Crippen molar-refractivity contribution in [2.24, 2.45) is 0 Å². The van der Waals surface area contributed by atoms with Gasteiger partial charge in [-0.25, -0.2) is 4.98 Å². The Bertz CT molecular complexity index is 1270. The molecule has 3 aromatic rings. The van der Waals surface area contributed by atoms with Crippen LogP contribution in [0.3, 0.4) is 0 Å². The molecule has 2 heterocycles. The van der Waals surface area contributed by atoms with Crippen molar-refractivity contribution in [2.75, 3.05) is 25.4 Å². The van der Waals surface area contributed by atoms with Crippen LogP contribution < -0.4 is 10.1 Å². The monoisotopic (exact) mass is 533 g/mol. The molecule has 0 saturated carbocycles. The largest absolute Gasteiger partial charge is 0.474 e. The standard InChI is InChI=1S/C27H30F3N3O3S/c1-3-37(35)23-7-4-19(5-8-23)16-31-25(34)20-6-9-24-21(15-20)14-18(2)32-26(24)36-22-10-12-33(13-11-22)17-27(28,29)30/h4-9,14-15,22H,3,10-13,16-17H2,1-2H3,(H,31,34). The molecule has 0 aliphatic carbocycles. The van der Waals surface area contributed by atoms with Gasteiger partial charge in [0.15, 0.2) is 0 Å². The van der Waals surface area contributed by atoms with Crippen LogP contribution in [-0.2, 0) is 17.3 Å². The summed E-state index contributed by atoms with van der Waals surface area (Å²) in [7, 11) is -1.01. The zero-order chi connectivity index (χ0) is 26.6. The Kier molecular flexibility index (Phi) is 8.49. The first-order valence-corrected chi connectivity index (χ1v) is 13.6. The Balaban J connectivity index is 1.40. The van der Waals surface area contributed by atoms with Gasteiger partial charge in [0.2, 0.25) is 5.88 Å². The third-order valence-electron chi connectivity index (χ3n) is 6.30. The van der Waals surface area contributed by atoms with Crippen LogP contribution in [0.4, 0.5) is 13.2 Å². The Labute approximate surface area is 216 Å². The number of likely N-dealkylation sites (tertiary alicyclic amines) is 1. The van der Waals surface area contributed by atoms with Crippen molar-refractivity contribution in [3.63, 3.8) is 0 Å². The summed E-state index contributed by atoms with van der Waals surface area (Å²) in [6.07, 6.45) is -3.44. The Hall–Kier alpha value is -2.98. The van der Waals surface area contributed by atoms with Crippen LogP contribution in [0.2, 0.25) is 0 Å². The number of fused-ring (bicyclic) bond motifs is 1. The minimum atomic E-state index is -4.20. The predicted octanol–water partition coefficient (Wildman–Crippen LogP) is 5.01. The quantitative estimate of drug-likeness (QED) is 0.441. The highest BCUT2D eigenvalue weighted by Gasteiger charge is 2.33. The van der Waals surface area contributed by atoms with E-state index in [1.165, 1.54) is 4.90 Å². The van der Waals surface area contributed by atoms with E-state index < -0.39 is 23.5 Å². The van der Waals surface area contributed by atoms with Gasteiger partial charge in [-0.05, 0) is 67.1 Å². The molecule has 2 aromatic carbocycles. The average Bonchev–Trinajstić information content (AvgIpc) is 2.87. The van der Waals surface area contributed by atoms with Gasteiger partial charge in [-0.15, -0.1) is 0 Å². The summed E-state index contributed by atoms with van der Waals surface area (Å²) in [5.74, 6) is 0.763. The fourth-order valence-corrected chi connectivity index (χ4v) is 5.17. The number of nitrogens with zero attached hydrogens (tertiary/aromatic N) is 2. The van der Waals surface area contributed by atoms with Crippen LogP contribution in [0.15, 0.2) is 53.4 Å². The van der Waals surface area contributed by atoms with Crippen molar-refractivity contribution in [3.8, 4) is 5.88 Å². The molecule has 10 heteroatoms. The third-order valence-corrected chi connectivity index (χ3v) is 7.63. The van der Waals surface area contributed by atoms with Gasteiger partial charge in [0, 0.05) is 46.9 Å². The maximum atomic E-state index is 12.8. The number of nitrogens with one attached hydrogen (secondary N) is 1. The second-order valence-electron chi connectivity index (χ2n) is 9.17. The molecule has 1 unspecified atom stereocenters. The van der Waals surface area contributed by atoms with E-state index in [0.29, 0.717) is 49.7 Å². The minimum Gasteiger partial charge on any atom is -0.474 e. The molecule has 1 N–H and O–H groups in total. The lowest BCUT2D eigenvalue weighted by Gasteiger charge is -2.32. The lowest BCUT2D eigenvalue weighted by molar-refractivity contribution is -0.149. The van der Waals surface area contributed by atoms with E-state index >= 15 is 0 Å². The molecule has 0 spiro atoms. The molecule has 1 aromatic heterocycles. The number of piperidine rings is 1. The first-order chi connectivity index (χ1) is 17.6. The molecule has 1 fully saturated rings. The van der Waals surface area contributed by atoms with Crippen LogP contribution >= 0.6 is 0 Å². The molecule has 6 nitrogen and oxygen atoms in total. The summed E-state index contributed by atoms with van der Waals surface area (Å²) < 4.78 is 56.0. The summed E-state index contributed by atoms with van der Waals surface area (Å²) >= 11 is 0. The van der Waals surface area contributed by atoms with Gasteiger partial charge in [-0.1, -0.05) is 19.1 Å². The van der Waals surface area contributed by atoms with Crippen molar-refractivity contribution in [2.45, 2.75) is 50.4 Å². The van der Waals surface area contributed by atoms with E-state index in [1.54, 1.807) is 18.2 Å². The van der Waals surface area contributed by atoms with E-state index in [1.807, 2.05) is 44.2 Å². The van der Waals surface area contributed by atoms with Crippen LogP contribution in [0.1, 0.15) is 41.4 Å².